The van der Waals surface area contributed by atoms with Crippen molar-refractivity contribution in [2.24, 2.45) is 5.73 Å². The third kappa shape index (κ3) is 5.19. The Morgan fingerprint density at radius 2 is 1.68 bits per heavy atom. The molecule has 1 aliphatic rings. The summed E-state index contributed by atoms with van der Waals surface area (Å²) in [6, 6.07) is 25.1. The molecular weight excluding hydrogens is 502 g/mol. The third-order valence-electron chi connectivity index (χ3n) is 7.48. The summed E-state index contributed by atoms with van der Waals surface area (Å²) in [5.41, 5.74) is 10.9. The van der Waals surface area contributed by atoms with Crippen LogP contribution in [0.15, 0.2) is 85.1 Å². The molecule has 3 aromatic carbocycles. The molecule has 0 atom stereocenters. The number of amides is 2. The van der Waals surface area contributed by atoms with E-state index in [1.807, 2.05) is 77.5 Å². The first-order chi connectivity index (χ1) is 19.4. The van der Waals surface area contributed by atoms with Gasteiger partial charge in [0.05, 0.1) is 11.2 Å². The van der Waals surface area contributed by atoms with Gasteiger partial charge in [-0.05, 0) is 87.6 Å². The van der Waals surface area contributed by atoms with E-state index < -0.39 is 5.91 Å². The highest BCUT2D eigenvalue weighted by Gasteiger charge is 2.17. The van der Waals surface area contributed by atoms with Crippen LogP contribution < -0.4 is 16.4 Å². The number of para-hydroxylation sites is 1. The zero-order valence-electron chi connectivity index (χ0n) is 22.2. The fraction of sp³-hybridized carbons (Fsp3) is 0.194. The summed E-state index contributed by atoms with van der Waals surface area (Å²) in [7, 11) is 2.15. The van der Waals surface area contributed by atoms with Gasteiger partial charge in [0.15, 0.2) is 0 Å². The molecule has 40 heavy (non-hydrogen) atoms. The van der Waals surface area contributed by atoms with Gasteiger partial charge >= 0.3 is 0 Å². The summed E-state index contributed by atoms with van der Waals surface area (Å²) >= 11 is 0. The highest BCUT2D eigenvalue weighted by molar-refractivity contribution is 6.04. The number of carbonyl (C=O) groups is 2. The van der Waals surface area contributed by atoms with Gasteiger partial charge in [-0.3, -0.25) is 14.7 Å². The summed E-state index contributed by atoms with van der Waals surface area (Å²) in [5, 5.41) is 15.0. The van der Waals surface area contributed by atoms with E-state index >= 15 is 0 Å². The predicted octanol–water partition coefficient (Wildman–Crippen LogP) is 4.88. The van der Waals surface area contributed by atoms with Gasteiger partial charge in [-0.25, -0.2) is 0 Å². The maximum atomic E-state index is 13.0. The number of hydrogen-bond acceptors (Lipinski definition) is 5. The van der Waals surface area contributed by atoms with Crippen molar-refractivity contribution in [3.05, 3.63) is 96.2 Å². The molecule has 0 saturated carbocycles. The molecule has 0 unspecified atom stereocenters. The number of fused-ring (bicyclic) bond motifs is 1. The van der Waals surface area contributed by atoms with Crippen LogP contribution >= 0.6 is 0 Å². The number of rotatable bonds is 7. The fourth-order valence-corrected chi connectivity index (χ4v) is 5.23. The van der Waals surface area contributed by atoms with Crippen molar-refractivity contribution in [3.8, 4) is 16.9 Å². The Morgan fingerprint density at radius 3 is 2.40 bits per heavy atom. The molecule has 0 bridgehead atoms. The monoisotopic (exact) mass is 533 g/mol. The number of nitrogens with two attached hydrogens (primary N) is 1. The molecule has 2 aromatic heterocycles. The van der Waals surface area contributed by atoms with Crippen molar-refractivity contribution in [1.82, 2.24) is 19.7 Å². The van der Waals surface area contributed by atoms with E-state index in [0.717, 1.165) is 53.8 Å². The molecule has 0 radical (unpaired) electrons. The Labute approximate surface area is 232 Å². The maximum absolute atomic E-state index is 13.0. The summed E-state index contributed by atoms with van der Waals surface area (Å²) in [6.45, 7) is 2.18. The van der Waals surface area contributed by atoms with Gasteiger partial charge in [-0.1, -0.05) is 18.2 Å². The molecule has 0 spiro atoms. The van der Waals surface area contributed by atoms with Crippen LogP contribution in [0.3, 0.4) is 0 Å². The van der Waals surface area contributed by atoms with E-state index in [1.54, 1.807) is 12.1 Å². The maximum Gasteiger partial charge on any atom is 0.256 e. The average Bonchev–Trinajstić information content (AvgIpc) is 3.62. The molecule has 3 heterocycles. The van der Waals surface area contributed by atoms with Crippen molar-refractivity contribution in [2.75, 3.05) is 30.8 Å². The number of nitrogens with one attached hydrogen (secondary N) is 3. The van der Waals surface area contributed by atoms with Crippen LogP contribution in [0.2, 0.25) is 0 Å². The first kappa shape index (κ1) is 25.4. The number of aromatic amines is 1. The molecule has 1 saturated heterocycles. The summed E-state index contributed by atoms with van der Waals surface area (Å²) < 4.78 is 2.05. The van der Waals surface area contributed by atoms with E-state index in [2.05, 4.69) is 32.8 Å². The van der Waals surface area contributed by atoms with E-state index in [1.165, 1.54) is 0 Å². The SMILES string of the molecule is CN1CCC(Nc2ccc(C(=O)Nc3cc(-c4cccc5ccn(-c6ccc(C(N)=O)cc6)c45)n[nH]3)cc2)CC1. The molecule has 0 aliphatic carbocycles. The number of benzene rings is 3. The van der Waals surface area contributed by atoms with Crippen molar-refractivity contribution in [1.29, 1.82) is 0 Å². The number of anilines is 2. The Morgan fingerprint density at radius 1 is 0.950 bits per heavy atom. The standard InChI is InChI=1S/C31H31N7O2/c1-37-16-14-24(15-17-37)33-23-9-5-22(6-10-23)31(40)34-28-19-27(35-36-28)26-4-2-3-20-13-18-38(29(20)26)25-11-7-21(8-12-25)30(32)39/h2-13,18-19,24,33H,14-17H2,1H3,(H2,32,39)(H2,34,35,36,40). The van der Waals surface area contributed by atoms with E-state index in [0.29, 0.717) is 28.7 Å². The quantitative estimate of drug-likeness (QED) is 0.238. The minimum absolute atomic E-state index is 0.211. The third-order valence-corrected chi connectivity index (χ3v) is 7.48. The van der Waals surface area contributed by atoms with Gasteiger partial charge in [-0.2, -0.15) is 5.10 Å². The van der Waals surface area contributed by atoms with Gasteiger partial charge in [0.1, 0.15) is 5.82 Å². The second-order valence-corrected chi connectivity index (χ2v) is 10.3. The Kier molecular flexibility index (Phi) is 6.79. The second-order valence-electron chi connectivity index (χ2n) is 10.3. The number of primary amides is 1. The summed E-state index contributed by atoms with van der Waals surface area (Å²) in [4.78, 5) is 26.8. The number of aromatic nitrogens is 3. The van der Waals surface area contributed by atoms with Crippen LogP contribution in [0.5, 0.6) is 0 Å². The Balaban J connectivity index is 1.18. The van der Waals surface area contributed by atoms with Crippen LogP contribution in [0.4, 0.5) is 11.5 Å². The minimum atomic E-state index is -0.462. The lowest BCUT2D eigenvalue weighted by atomic mass is 10.0. The average molecular weight is 534 g/mol. The number of hydrogen-bond donors (Lipinski definition) is 4. The van der Waals surface area contributed by atoms with Gasteiger partial charge in [0, 0.05) is 51.8 Å². The van der Waals surface area contributed by atoms with Gasteiger partial charge in [0.25, 0.3) is 5.91 Å². The van der Waals surface area contributed by atoms with Gasteiger partial charge in [-0.15, -0.1) is 0 Å². The van der Waals surface area contributed by atoms with Crippen molar-refractivity contribution in [2.45, 2.75) is 18.9 Å². The molecule has 6 rings (SSSR count). The number of nitrogens with zero attached hydrogens (tertiary/aromatic N) is 3. The molecule has 2 amide bonds. The molecule has 202 valence electrons. The molecule has 5 aromatic rings. The lowest BCUT2D eigenvalue weighted by Gasteiger charge is -2.30. The number of likely N-dealkylation sites (tertiary alicyclic amines) is 1. The topological polar surface area (TPSA) is 121 Å². The lowest BCUT2D eigenvalue weighted by Crippen LogP contribution is -2.36. The fourth-order valence-electron chi connectivity index (χ4n) is 5.23. The van der Waals surface area contributed by atoms with Crippen LogP contribution in [-0.4, -0.2) is 57.7 Å². The first-order valence-electron chi connectivity index (χ1n) is 13.4. The molecule has 1 fully saturated rings. The van der Waals surface area contributed by atoms with Crippen LogP contribution in [-0.2, 0) is 0 Å². The summed E-state index contributed by atoms with van der Waals surface area (Å²) in [5.74, 6) is -0.164. The normalized spacial score (nSPS) is 14.3. The van der Waals surface area contributed by atoms with Crippen molar-refractivity contribution >= 4 is 34.2 Å². The summed E-state index contributed by atoms with van der Waals surface area (Å²) in [6.07, 6.45) is 4.20. The molecule has 5 N–H and O–H groups in total. The number of H-pyrrole nitrogens is 1. The predicted molar refractivity (Wildman–Crippen MR) is 158 cm³/mol. The van der Waals surface area contributed by atoms with Crippen LogP contribution in [0.25, 0.3) is 27.8 Å². The molecule has 9 nitrogen and oxygen atoms in total. The lowest BCUT2D eigenvalue weighted by molar-refractivity contribution is 0.0997. The largest absolute Gasteiger partial charge is 0.382 e. The smallest absolute Gasteiger partial charge is 0.256 e. The molecule has 9 heteroatoms. The van der Waals surface area contributed by atoms with E-state index in [4.69, 9.17) is 5.73 Å². The van der Waals surface area contributed by atoms with E-state index in [9.17, 15) is 9.59 Å². The highest BCUT2D eigenvalue weighted by Crippen LogP contribution is 2.31. The van der Waals surface area contributed by atoms with Crippen molar-refractivity contribution in [3.63, 3.8) is 0 Å². The van der Waals surface area contributed by atoms with Crippen LogP contribution in [0, 0.1) is 0 Å². The minimum Gasteiger partial charge on any atom is -0.382 e. The molecule has 1 aliphatic heterocycles. The van der Waals surface area contributed by atoms with Crippen LogP contribution in [0.1, 0.15) is 33.6 Å². The van der Waals surface area contributed by atoms with Gasteiger partial charge in [0.2, 0.25) is 5.91 Å². The zero-order valence-corrected chi connectivity index (χ0v) is 22.2. The van der Waals surface area contributed by atoms with Crippen molar-refractivity contribution < 1.29 is 9.59 Å². The molecular formula is C31H31N7O2. The number of carbonyl (C=O) groups excluding carboxylic acids is 2. The Bertz CT molecular complexity index is 1660. The zero-order chi connectivity index (χ0) is 27.6. The first-order valence-corrected chi connectivity index (χ1v) is 13.4. The van der Waals surface area contributed by atoms with Gasteiger partial charge < -0.3 is 25.8 Å². The Hall–Kier alpha value is -4.89. The highest BCUT2D eigenvalue weighted by atomic mass is 16.2. The number of piperidine rings is 1. The second kappa shape index (κ2) is 10.7. The van der Waals surface area contributed by atoms with E-state index in [-0.39, 0.29) is 5.91 Å².